The SMILES string of the molecule is CC(=O)Nc1cccc(-n2cc(C3CC3)ccc2=O)c1. The first-order chi connectivity index (χ1) is 9.63. The quantitative estimate of drug-likeness (QED) is 0.930. The number of rotatable bonds is 3. The Bertz CT molecular complexity index is 714. The highest BCUT2D eigenvalue weighted by atomic mass is 16.1. The van der Waals surface area contributed by atoms with E-state index in [1.165, 1.54) is 25.3 Å². The van der Waals surface area contributed by atoms with Crippen molar-refractivity contribution in [2.24, 2.45) is 0 Å². The fourth-order valence-corrected chi connectivity index (χ4v) is 2.30. The minimum atomic E-state index is -0.124. The lowest BCUT2D eigenvalue weighted by Crippen LogP contribution is -2.17. The van der Waals surface area contributed by atoms with E-state index in [0.29, 0.717) is 11.6 Å². The maximum Gasteiger partial charge on any atom is 0.255 e. The maximum absolute atomic E-state index is 12.0. The average Bonchev–Trinajstić information content (AvgIpc) is 3.23. The first-order valence-electron chi connectivity index (χ1n) is 6.74. The van der Waals surface area contributed by atoms with Crippen LogP contribution in [0.2, 0.25) is 0 Å². The van der Waals surface area contributed by atoms with Crippen molar-refractivity contribution in [2.75, 3.05) is 5.32 Å². The first kappa shape index (κ1) is 12.7. The third kappa shape index (κ3) is 2.64. The molecule has 102 valence electrons. The summed E-state index contributed by atoms with van der Waals surface area (Å²) in [6.45, 7) is 1.46. The fourth-order valence-electron chi connectivity index (χ4n) is 2.30. The highest BCUT2D eigenvalue weighted by Crippen LogP contribution is 2.39. The molecule has 0 aliphatic heterocycles. The van der Waals surface area contributed by atoms with Gasteiger partial charge in [-0.3, -0.25) is 14.2 Å². The van der Waals surface area contributed by atoms with Gasteiger partial charge in [0.1, 0.15) is 0 Å². The van der Waals surface area contributed by atoms with Crippen molar-refractivity contribution in [3.8, 4) is 5.69 Å². The van der Waals surface area contributed by atoms with Crippen molar-refractivity contribution in [3.05, 3.63) is 58.5 Å². The number of nitrogens with zero attached hydrogens (tertiary/aromatic N) is 1. The molecule has 4 heteroatoms. The van der Waals surface area contributed by atoms with Crippen LogP contribution < -0.4 is 10.9 Å². The average molecular weight is 268 g/mol. The second-order valence-electron chi connectivity index (χ2n) is 5.18. The van der Waals surface area contributed by atoms with E-state index in [2.05, 4.69) is 5.32 Å². The van der Waals surface area contributed by atoms with Crippen molar-refractivity contribution in [1.82, 2.24) is 4.57 Å². The van der Waals surface area contributed by atoms with E-state index in [1.54, 1.807) is 22.8 Å². The van der Waals surface area contributed by atoms with Crippen molar-refractivity contribution >= 4 is 11.6 Å². The van der Waals surface area contributed by atoms with Crippen molar-refractivity contribution in [3.63, 3.8) is 0 Å². The predicted molar refractivity (Wildman–Crippen MR) is 78.3 cm³/mol. The number of amides is 1. The molecule has 1 amide bonds. The Morgan fingerprint density at radius 2 is 2.05 bits per heavy atom. The van der Waals surface area contributed by atoms with Crippen LogP contribution >= 0.6 is 0 Å². The molecule has 0 radical (unpaired) electrons. The van der Waals surface area contributed by atoms with Gasteiger partial charge in [-0.05, 0) is 42.5 Å². The van der Waals surface area contributed by atoms with Crippen LogP contribution in [0.25, 0.3) is 5.69 Å². The molecule has 1 aromatic heterocycles. The molecule has 1 aromatic carbocycles. The third-order valence-electron chi connectivity index (χ3n) is 3.43. The summed E-state index contributed by atoms with van der Waals surface area (Å²) in [5, 5.41) is 2.73. The number of benzene rings is 1. The summed E-state index contributed by atoms with van der Waals surface area (Å²) in [5.74, 6) is 0.474. The van der Waals surface area contributed by atoms with Gasteiger partial charge in [-0.2, -0.15) is 0 Å². The molecule has 1 aliphatic carbocycles. The van der Waals surface area contributed by atoms with Crippen molar-refractivity contribution in [2.45, 2.75) is 25.7 Å². The van der Waals surface area contributed by atoms with E-state index in [-0.39, 0.29) is 11.5 Å². The van der Waals surface area contributed by atoms with Gasteiger partial charge in [-0.15, -0.1) is 0 Å². The Labute approximate surface area is 117 Å². The number of aromatic nitrogens is 1. The van der Waals surface area contributed by atoms with Crippen LogP contribution in [0.4, 0.5) is 5.69 Å². The van der Waals surface area contributed by atoms with Gasteiger partial charge in [0.25, 0.3) is 5.56 Å². The Balaban J connectivity index is 2.01. The number of hydrogen-bond donors (Lipinski definition) is 1. The number of pyridine rings is 1. The summed E-state index contributed by atoms with van der Waals surface area (Å²) in [5.41, 5.74) is 2.60. The molecule has 0 saturated heterocycles. The van der Waals surface area contributed by atoms with Crippen LogP contribution in [0.5, 0.6) is 0 Å². The molecular formula is C16H16N2O2. The van der Waals surface area contributed by atoms with E-state index in [0.717, 1.165) is 5.69 Å². The largest absolute Gasteiger partial charge is 0.326 e. The number of anilines is 1. The van der Waals surface area contributed by atoms with E-state index in [1.807, 2.05) is 24.4 Å². The highest BCUT2D eigenvalue weighted by Gasteiger charge is 2.24. The molecule has 1 aliphatic rings. The number of hydrogen-bond acceptors (Lipinski definition) is 2. The first-order valence-corrected chi connectivity index (χ1v) is 6.74. The zero-order chi connectivity index (χ0) is 14.1. The van der Waals surface area contributed by atoms with Gasteiger partial charge in [0.2, 0.25) is 5.91 Å². The van der Waals surface area contributed by atoms with E-state index in [9.17, 15) is 9.59 Å². The minimum absolute atomic E-state index is 0.0608. The molecule has 0 spiro atoms. The number of nitrogens with one attached hydrogen (secondary N) is 1. The Morgan fingerprint density at radius 1 is 1.25 bits per heavy atom. The third-order valence-corrected chi connectivity index (χ3v) is 3.43. The molecule has 3 rings (SSSR count). The van der Waals surface area contributed by atoms with Crippen LogP contribution in [-0.4, -0.2) is 10.5 Å². The fraction of sp³-hybridized carbons (Fsp3) is 0.250. The molecule has 0 unspecified atom stereocenters. The standard InChI is InChI=1S/C16H16N2O2/c1-11(19)17-14-3-2-4-15(9-14)18-10-13(12-5-6-12)7-8-16(18)20/h2-4,7-10,12H,5-6H2,1H3,(H,17,19). The molecule has 0 bridgehead atoms. The lowest BCUT2D eigenvalue weighted by Gasteiger charge is -2.10. The van der Waals surface area contributed by atoms with E-state index >= 15 is 0 Å². The number of carbonyl (C=O) groups is 1. The van der Waals surface area contributed by atoms with Gasteiger partial charge in [0.05, 0.1) is 5.69 Å². The number of carbonyl (C=O) groups excluding carboxylic acids is 1. The van der Waals surface area contributed by atoms with Crippen LogP contribution in [0.15, 0.2) is 47.4 Å². The van der Waals surface area contributed by atoms with Crippen LogP contribution in [-0.2, 0) is 4.79 Å². The van der Waals surface area contributed by atoms with E-state index < -0.39 is 0 Å². The van der Waals surface area contributed by atoms with Gasteiger partial charge >= 0.3 is 0 Å². The lowest BCUT2D eigenvalue weighted by atomic mass is 10.2. The molecule has 1 N–H and O–H groups in total. The van der Waals surface area contributed by atoms with Crippen LogP contribution in [0.3, 0.4) is 0 Å². The monoisotopic (exact) mass is 268 g/mol. The molecular weight excluding hydrogens is 252 g/mol. The zero-order valence-electron chi connectivity index (χ0n) is 11.3. The van der Waals surface area contributed by atoms with Crippen molar-refractivity contribution < 1.29 is 4.79 Å². The van der Waals surface area contributed by atoms with Gasteiger partial charge in [-0.1, -0.05) is 12.1 Å². The van der Waals surface area contributed by atoms with Gasteiger partial charge in [-0.25, -0.2) is 0 Å². The highest BCUT2D eigenvalue weighted by molar-refractivity contribution is 5.88. The molecule has 2 aromatic rings. The van der Waals surface area contributed by atoms with Gasteiger partial charge in [0.15, 0.2) is 0 Å². The van der Waals surface area contributed by atoms with Crippen LogP contribution in [0.1, 0.15) is 31.2 Å². The lowest BCUT2D eigenvalue weighted by molar-refractivity contribution is -0.114. The Hall–Kier alpha value is -2.36. The summed E-state index contributed by atoms with van der Waals surface area (Å²) in [4.78, 5) is 23.1. The summed E-state index contributed by atoms with van der Waals surface area (Å²) in [6, 6.07) is 10.8. The second kappa shape index (κ2) is 4.96. The predicted octanol–water partition coefficient (Wildman–Crippen LogP) is 2.67. The molecule has 4 nitrogen and oxygen atoms in total. The molecule has 20 heavy (non-hydrogen) atoms. The molecule has 0 atom stereocenters. The summed E-state index contributed by atoms with van der Waals surface area (Å²) in [6.07, 6.45) is 4.31. The molecule has 1 fully saturated rings. The van der Waals surface area contributed by atoms with Gasteiger partial charge < -0.3 is 5.32 Å². The smallest absolute Gasteiger partial charge is 0.255 e. The second-order valence-corrected chi connectivity index (χ2v) is 5.18. The van der Waals surface area contributed by atoms with E-state index in [4.69, 9.17) is 0 Å². The van der Waals surface area contributed by atoms with Crippen LogP contribution in [0, 0.1) is 0 Å². The zero-order valence-corrected chi connectivity index (χ0v) is 11.3. The molecule has 1 saturated carbocycles. The molecule has 1 heterocycles. The summed E-state index contributed by atoms with van der Waals surface area (Å²) < 4.78 is 1.64. The normalized spacial score (nSPS) is 14.1. The maximum atomic E-state index is 12.0. The Kier molecular flexibility index (Phi) is 3.14. The summed E-state index contributed by atoms with van der Waals surface area (Å²) in [7, 11) is 0. The topological polar surface area (TPSA) is 51.1 Å². The minimum Gasteiger partial charge on any atom is -0.326 e. The Morgan fingerprint density at radius 3 is 2.75 bits per heavy atom. The summed E-state index contributed by atoms with van der Waals surface area (Å²) >= 11 is 0. The van der Waals surface area contributed by atoms with Crippen molar-refractivity contribution in [1.29, 1.82) is 0 Å². The van der Waals surface area contributed by atoms with Gasteiger partial charge in [0, 0.05) is 24.9 Å².